The first-order chi connectivity index (χ1) is 7.93. The minimum absolute atomic E-state index is 0.0826. The Balaban J connectivity index is 2.55. The minimum Gasteiger partial charge on any atom is -0.329 e. The van der Waals surface area contributed by atoms with Gasteiger partial charge >= 0.3 is 0 Å². The number of halogens is 1. The molecular formula is C11H17FN2O2S. The van der Waals surface area contributed by atoms with Crippen molar-refractivity contribution in [2.24, 2.45) is 5.73 Å². The molecular weight excluding hydrogens is 243 g/mol. The highest BCUT2D eigenvalue weighted by molar-refractivity contribution is 7.89. The Morgan fingerprint density at radius 1 is 1.35 bits per heavy atom. The monoisotopic (exact) mass is 260 g/mol. The van der Waals surface area contributed by atoms with Crippen molar-refractivity contribution >= 4 is 10.0 Å². The Hall–Kier alpha value is -0.980. The highest BCUT2D eigenvalue weighted by Crippen LogP contribution is 2.06. The first-order valence-electron chi connectivity index (χ1n) is 5.37. The van der Waals surface area contributed by atoms with Gasteiger partial charge in [0.2, 0.25) is 10.0 Å². The van der Waals surface area contributed by atoms with Crippen LogP contribution in [0.5, 0.6) is 0 Å². The van der Waals surface area contributed by atoms with E-state index in [1.807, 2.05) is 0 Å². The van der Waals surface area contributed by atoms with Crippen molar-refractivity contribution < 1.29 is 12.8 Å². The molecule has 0 spiro atoms. The average molecular weight is 260 g/mol. The van der Waals surface area contributed by atoms with Crippen molar-refractivity contribution in [1.29, 1.82) is 0 Å². The predicted octanol–water partition coefficient (Wildman–Crippen LogP) is 0.635. The maximum Gasteiger partial charge on any atom is 0.213 e. The number of benzene rings is 1. The summed E-state index contributed by atoms with van der Waals surface area (Å²) in [6.07, 6.45) is 0.518. The summed E-state index contributed by atoms with van der Waals surface area (Å²) in [7, 11) is -3.31. The Labute approximate surface area is 101 Å². The molecule has 0 fully saturated rings. The molecule has 1 unspecified atom stereocenters. The fourth-order valence-corrected chi connectivity index (χ4v) is 2.66. The number of sulfonamides is 1. The highest BCUT2D eigenvalue weighted by Gasteiger charge is 2.13. The molecule has 96 valence electrons. The molecule has 0 aromatic heterocycles. The maximum absolute atomic E-state index is 12.7. The van der Waals surface area contributed by atoms with E-state index < -0.39 is 10.0 Å². The fourth-order valence-electron chi connectivity index (χ4n) is 1.54. The molecule has 0 aliphatic carbocycles. The van der Waals surface area contributed by atoms with Crippen LogP contribution in [-0.2, 0) is 16.4 Å². The number of nitrogens with two attached hydrogens (primary N) is 1. The van der Waals surface area contributed by atoms with Crippen molar-refractivity contribution in [1.82, 2.24) is 4.72 Å². The molecule has 0 radical (unpaired) electrons. The Kier molecular flexibility index (Phi) is 5.04. The summed E-state index contributed by atoms with van der Waals surface area (Å²) < 4.78 is 38.1. The van der Waals surface area contributed by atoms with Crippen LogP contribution in [-0.4, -0.2) is 26.8 Å². The van der Waals surface area contributed by atoms with E-state index in [0.717, 1.165) is 5.56 Å². The lowest BCUT2D eigenvalue weighted by Crippen LogP contribution is -2.37. The molecule has 17 heavy (non-hydrogen) atoms. The van der Waals surface area contributed by atoms with Crippen LogP contribution in [0.4, 0.5) is 4.39 Å². The molecule has 1 aromatic rings. The van der Waals surface area contributed by atoms with Gasteiger partial charge in [-0.2, -0.15) is 0 Å². The SMILES string of the molecule is CC(Cc1ccc(F)cc1)NS(=O)(=O)CCN. The molecule has 0 aliphatic heterocycles. The van der Waals surface area contributed by atoms with Gasteiger partial charge in [-0.1, -0.05) is 12.1 Å². The lowest BCUT2D eigenvalue weighted by atomic mass is 10.1. The zero-order valence-corrected chi connectivity index (χ0v) is 10.5. The zero-order chi connectivity index (χ0) is 12.9. The number of nitrogens with one attached hydrogen (secondary N) is 1. The molecule has 0 amide bonds. The van der Waals surface area contributed by atoms with E-state index in [1.54, 1.807) is 19.1 Å². The second-order valence-corrected chi connectivity index (χ2v) is 5.83. The largest absolute Gasteiger partial charge is 0.329 e. The highest BCUT2D eigenvalue weighted by atomic mass is 32.2. The molecule has 6 heteroatoms. The average Bonchev–Trinajstić information content (AvgIpc) is 2.20. The normalized spacial score (nSPS) is 13.6. The second kappa shape index (κ2) is 6.09. The van der Waals surface area contributed by atoms with Crippen LogP contribution >= 0.6 is 0 Å². The van der Waals surface area contributed by atoms with Gasteiger partial charge in [0.05, 0.1) is 5.75 Å². The zero-order valence-electron chi connectivity index (χ0n) is 9.69. The summed E-state index contributed by atoms with van der Waals surface area (Å²) in [5.74, 6) is -0.383. The Bertz CT molecular complexity index is 445. The van der Waals surface area contributed by atoms with Gasteiger partial charge < -0.3 is 5.73 Å². The van der Waals surface area contributed by atoms with Gasteiger partial charge in [0.15, 0.2) is 0 Å². The van der Waals surface area contributed by atoms with E-state index in [0.29, 0.717) is 6.42 Å². The molecule has 0 saturated carbocycles. The standard InChI is InChI=1S/C11H17FN2O2S/c1-9(14-17(15,16)7-6-13)8-10-2-4-11(12)5-3-10/h2-5,9,14H,6-8,13H2,1H3. The van der Waals surface area contributed by atoms with Gasteiger partial charge in [-0.3, -0.25) is 0 Å². The van der Waals surface area contributed by atoms with Gasteiger partial charge in [-0.15, -0.1) is 0 Å². The molecule has 1 rings (SSSR count). The van der Waals surface area contributed by atoms with E-state index in [1.165, 1.54) is 12.1 Å². The molecule has 0 bridgehead atoms. The maximum atomic E-state index is 12.7. The first kappa shape index (κ1) is 14.1. The van der Waals surface area contributed by atoms with Gasteiger partial charge in [0, 0.05) is 12.6 Å². The van der Waals surface area contributed by atoms with E-state index in [-0.39, 0.29) is 24.2 Å². The van der Waals surface area contributed by atoms with Crippen molar-refractivity contribution in [2.75, 3.05) is 12.3 Å². The quantitative estimate of drug-likeness (QED) is 0.788. The number of rotatable bonds is 6. The van der Waals surface area contributed by atoms with E-state index in [2.05, 4.69) is 4.72 Å². The van der Waals surface area contributed by atoms with E-state index in [4.69, 9.17) is 5.73 Å². The van der Waals surface area contributed by atoms with Gasteiger partial charge in [-0.05, 0) is 31.0 Å². The van der Waals surface area contributed by atoms with Crippen LogP contribution in [0.15, 0.2) is 24.3 Å². The van der Waals surface area contributed by atoms with Crippen LogP contribution < -0.4 is 10.5 Å². The van der Waals surface area contributed by atoms with E-state index >= 15 is 0 Å². The molecule has 0 heterocycles. The lowest BCUT2D eigenvalue weighted by Gasteiger charge is -2.13. The van der Waals surface area contributed by atoms with Crippen molar-refractivity contribution in [3.8, 4) is 0 Å². The summed E-state index contributed by atoms with van der Waals surface area (Å²) in [5.41, 5.74) is 6.08. The molecule has 4 nitrogen and oxygen atoms in total. The molecule has 1 atom stereocenters. The van der Waals surface area contributed by atoms with Crippen molar-refractivity contribution in [3.05, 3.63) is 35.6 Å². The lowest BCUT2D eigenvalue weighted by molar-refractivity contribution is 0.559. The summed E-state index contributed by atoms with van der Waals surface area (Å²) in [4.78, 5) is 0. The number of hydrogen-bond donors (Lipinski definition) is 2. The summed E-state index contributed by atoms with van der Waals surface area (Å²) >= 11 is 0. The van der Waals surface area contributed by atoms with Gasteiger partial charge in [-0.25, -0.2) is 17.5 Å². The van der Waals surface area contributed by atoms with Crippen LogP contribution in [0.3, 0.4) is 0 Å². The molecule has 0 aliphatic rings. The summed E-state index contributed by atoms with van der Waals surface area (Å²) in [6.45, 7) is 1.86. The van der Waals surface area contributed by atoms with Crippen LogP contribution in [0.2, 0.25) is 0 Å². The third kappa shape index (κ3) is 5.25. The van der Waals surface area contributed by atoms with Crippen LogP contribution in [0.1, 0.15) is 12.5 Å². The summed E-state index contributed by atoms with van der Waals surface area (Å²) in [5, 5.41) is 0. The van der Waals surface area contributed by atoms with E-state index in [9.17, 15) is 12.8 Å². The summed E-state index contributed by atoms with van der Waals surface area (Å²) in [6, 6.07) is 5.76. The molecule has 0 saturated heterocycles. The van der Waals surface area contributed by atoms with Gasteiger partial charge in [0.1, 0.15) is 5.82 Å². The third-order valence-electron chi connectivity index (χ3n) is 2.22. The van der Waals surface area contributed by atoms with Crippen LogP contribution in [0, 0.1) is 5.82 Å². The first-order valence-corrected chi connectivity index (χ1v) is 7.02. The van der Waals surface area contributed by atoms with Crippen LogP contribution in [0.25, 0.3) is 0 Å². The Morgan fingerprint density at radius 2 is 1.94 bits per heavy atom. The molecule has 3 N–H and O–H groups in total. The minimum atomic E-state index is -3.31. The topological polar surface area (TPSA) is 72.2 Å². The van der Waals surface area contributed by atoms with Crippen molar-refractivity contribution in [2.45, 2.75) is 19.4 Å². The third-order valence-corrected chi connectivity index (χ3v) is 3.76. The fraction of sp³-hybridized carbons (Fsp3) is 0.455. The predicted molar refractivity (Wildman–Crippen MR) is 65.5 cm³/mol. The van der Waals surface area contributed by atoms with Gasteiger partial charge in [0.25, 0.3) is 0 Å². The smallest absolute Gasteiger partial charge is 0.213 e. The Morgan fingerprint density at radius 3 is 2.47 bits per heavy atom. The second-order valence-electron chi connectivity index (χ2n) is 3.96. The van der Waals surface area contributed by atoms with Crippen molar-refractivity contribution in [3.63, 3.8) is 0 Å². The number of hydrogen-bond acceptors (Lipinski definition) is 3. The molecule has 1 aromatic carbocycles.